The van der Waals surface area contributed by atoms with Gasteiger partial charge in [-0.3, -0.25) is 24.6 Å². The second-order valence-corrected chi connectivity index (χ2v) is 5.42. The Kier molecular flexibility index (Phi) is 3.12. The van der Waals surface area contributed by atoms with Crippen LogP contribution in [0.25, 0.3) is 0 Å². The number of carbonyl (C=O) groups excluding carboxylic acids is 2. The molecule has 2 atom stereocenters. The minimum Gasteiger partial charge on any atom is -0.871 e. The number of non-ortho nitro benzene ring substituents is 1. The molecule has 0 bridgehead atoms. The summed E-state index contributed by atoms with van der Waals surface area (Å²) in [7, 11) is 0. The molecule has 1 heterocycles. The maximum atomic E-state index is 12.4. The first-order valence-electron chi connectivity index (χ1n) is 6.84. The van der Waals surface area contributed by atoms with E-state index < -0.39 is 22.5 Å². The fourth-order valence-corrected chi connectivity index (χ4v) is 3.19. The Hall–Kier alpha value is -2.44. The monoisotopic (exact) mass is 289 g/mol. The standard InChI is InChI=1S/C14H14N2O5/c17-12-6-5-8(16(20)21)7-11(12)15-13(18)9-3-1-2-4-10(9)14(15)19/h5-7,9-10,17H,1-4H2/p-1/t9-,10+. The van der Waals surface area contributed by atoms with Crippen molar-refractivity contribution in [3.63, 3.8) is 0 Å². The number of hydrogen-bond donors (Lipinski definition) is 0. The molecule has 0 N–H and O–H groups in total. The number of fused-ring (bicyclic) bond motifs is 1. The van der Waals surface area contributed by atoms with Crippen molar-refractivity contribution < 1.29 is 19.6 Å². The molecule has 1 aromatic rings. The highest BCUT2D eigenvalue weighted by atomic mass is 16.6. The average Bonchev–Trinajstić information content (AvgIpc) is 2.72. The Labute approximate surface area is 120 Å². The lowest BCUT2D eigenvalue weighted by Crippen LogP contribution is -2.31. The molecule has 0 aromatic heterocycles. The second-order valence-electron chi connectivity index (χ2n) is 5.42. The summed E-state index contributed by atoms with van der Waals surface area (Å²) < 4.78 is 0. The van der Waals surface area contributed by atoms with Crippen LogP contribution in [0.3, 0.4) is 0 Å². The largest absolute Gasteiger partial charge is 0.871 e. The molecular formula is C14H13N2O5-. The number of nitro groups is 1. The lowest BCUT2D eigenvalue weighted by atomic mass is 9.81. The smallest absolute Gasteiger partial charge is 0.271 e. The number of carbonyl (C=O) groups is 2. The van der Waals surface area contributed by atoms with E-state index in [4.69, 9.17) is 0 Å². The van der Waals surface area contributed by atoms with Crippen LogP contribution in [0.2, 0.25) is 0 Å². The second kappa shape index (κ2) is 4.83. The summed E-state index contributed by atoms with van der Waals surface area (Å²) in [5.74, 6) is -2.12. The third-order valence-electron chi connectivity index (χ3n) is 4.24. The maximum absolute atomic E-state index is 12.4. The zero-order chi connectivity index (χ0) is 15.1. The van der Waals surface area contributed by atoms with Crippen molar-refractivity contribution >= 4 is 23.2 Å². The van der Waals surface area contributed by atoms with E-state index in [1.54, 1.807) is 0 Å². The van der Waals surface area contributed by atoms with Gasteiger partial charge in [0.2, 0.25) is 11.8 Å². The SMILES string of the molecule is O=C1[C@H]2CCCC[C@H]2C(=O)N1c1cc([N+](=O)[O-])ccc1[O-]. The number of nitrogens with zero attached hydrogens (tertiary/aromatic N) is 2. The van der Waals surface area contributed by atoms with Crippen molar-refractivity contribution in [2.45, 2.75) is 25.7 Å². The zero-order valence-electron chi connectivity index (χ0n) is 11.2. The molecule has 1 aliphatic carbocycles. The maximum Gasteiger partial charge on any atom is 0.271 e. The van der Waals surface area contributed by atoms with Crippen molar-refractivity contribution in [1.29, 1.82) is 0 Å². The predicted molar refractivity (Wildman–Crippen MR) is 70.5 cm³/mol. The van der Waals surface area contributed by atoms with Gasteiger partial charge in [-0.15, -0.1) is 0 Å². The number of anilines is 1. The summed E-state index contributed by atoms with van der Waals surface area (Å²) in [4.78, 5) is 35.8. The van der Waals surface area contributed by atoms with E-state index in [9.17, 15) is 24.8 Å². The van der Waals surface area contributed by atoms with Crippen LogP contribution in [0, 0.1) is 22.0 Å². The summed E-state index contributed by atoms with van der Waals surface area (Å²) in [6, 6.07) is 3.11. The number of amides is 2. The van der Waals surface area contributed by atoms with Gasteiger partial charge in [0, 0.05) is 12.1 Å². The first-order valence-corrected chi connectivity index (χ1v) is 6.84. The van der Waals surface area contributed by atoms with Gasteiger partial charge in [0.05, 0.1) is 22.4 Å². The highest BCUT2D eigenvalue weighted by Gasteiger charge is 2.48. The minimum atomic E-state index is -0.652. The highest BCUT2D eigenvalue weighted by Crippen LogP contribution is 2.42. The average molecular weight is 289 g/mol. The predicted octanol–water partition coefficient (Wildman–Crippen LogP) is 1.35. The van der Waals surface area contributed by atoms with E-state index in [-0.39, 0.29) is 23.2 Å². The van der Waals surface area contributed by atoms with Crippen LogP contribution in [0.4, 0.5) is 11.4 Å². The van der Waals surface area contributed by atoms with Crippen molar-refractivity contribution in [3.05, 3.63) is 28.3 Å². The fourth-order valence-electron chi connectivity index (χ4n) is 3.19. The normalized spacial score (nSPS) is 25.0. The topological polar surface area (TPSA) is 104 Å². The van der Waals surface area contributed by atoms with Crippen LogP contribution in [-0.4, -0.2) is 16.7 Å². The highest BCUT2D eigenvalue weighted by molar-refractivity contribution is 6.22. The van der Waals surface area contributed by atoms with Gasteiger partial charge in [0.1, 0.15) is 0 Å². The Balaban J connectivity index is 2.04. The van der Waals surface area contributed by atoms with Crippen molar-refractivity contribution in [2.24, 2.45) is 11.8 Å². The Bertz CT molecular complexity index is 618. The molecule has 1 saturated carbocycles. The molecule has 1 aliphatic heterocycles. The van der Waals surface area contributed by atoms with Gasteiger partial charge in [-0.2, -0.15) is 0 Å². The van der Waals surface area contributed by atoms with Crippen LogP contribution in [0.5, 0.6) is 5.75 Å². The lowest BCUT2D eigenvalue weighted by Gasteiger charge is -2.21. The van der Waals surface area contributed by atoms with Crippen molar-refractivity contribution in [3.8, 4) is 5.75 Å². The zero-order valence-corrected chi connectivity index (χ0v) is 11.2. The third kappa shape index (κ3) is 2.05. The third-order valence-corrected chi connectivity index (χ3v) is 4.24. The molecule has 2 amide bonds. The molecule has 3 rings (SSSR count). The number of hydrogen-bond acceptors (Lipinski definition) is 5. The molecule has 0 radical (unpaired) electrons. The molecule has 110 valence electrons. The Morgan fingerprint density at radius 1 is 1.10 bits per heavy atom. The first kappa shape index (κ1) is 13.5. The summed E-state index contributed by atoms with van der Waals surface area (Å²) in [5, 5.41) is 22.7. The molecule has 1 saturated heterocycles. The molecule has 1 aromatic carbocycles. The summed E-state index contributed by atoms with van der Waals surface area (Å²) in [5.41, 5.74) is -0.506. The Morgan fingerprint density at radius 3 is 2.19 bits per heavy atom. The van der Waals surface area contributed by atoms with E-state index >= 15 is 0 Å². The van der Waals surface area contributed by atoms with E-state index in [0.717, 1.165) is 35.9 Å². The minimum absolute atomic E-state index is 0.200. The lowest BCUT2D eigenvalue weighted by molar-refractivity contribution is -0.385. The van der Waals surface area contributed by atoms with Crippen molar-refractivity contribution in [2.75, 3.05) is 4.90 Å². The Morgan fingerprint density at radius 2 is 1.67 bits per heavy atom. The van der Waals surface area contributed by atoms with Gasteiger partial charge in [0.25, 0.3) is 5.69 Å². The molecule has 2 aliphatic rings. The number of nitro benzene ring substituents is 1. The molecule has 21 heavy (non-hydrogen) atoms. The van der Waals surface area contributed by atoms with Crippen LogP contribution in [0.15, 0.2) is 18.2 Å². The molecular weight excluding hydrogens is 276 g/mol. The fraction of sp³-hybridized carbons (Fsp3) is 0.429. The quantitative estimate of drug-likeness (QED) is 0.464. The van der Waals surface area contributed by atoms with Crippen LogP contribution in [-0.2, 0) is 9.59 Å². The van der Waals surface area contributed by atoms with Crippen LogP contribution in [0.1, 0.15) is 25.7 Å². The summed E-state index contributed by atoms with van der Waals surface area (Å²) in [6.07, 6.45) is 3.03. The first-order chi connectivity index (χ1) is 10.0. The summed E-state index contributed by atoms with van der Waals surface area (Å²) in [6.45, 7) is 0. The van der Waals surface area contributed by atoms with Crippen molar-refractivity contribution in [1.82, 2.24) is 0 Å². The van der Waals surface area contributed by atoms with E-state index in [1.807, 2.05) is 0 Å². The number of rotatable bonds is 2. The molecule has 0 unspecified atom stereocenters. The van der Waals surface area contributed by atoms with Gasteiger partial charge in [-0.25, -0.2) is 0 Å². The van der Waals surface area contributed by atoms with Gasteiger partial charge in [-0.05, 0) is 12.8 Å². The molecule has 7 heteroatoms. The summed E-state index contributed by atoms with van der Waals surface area (Å²) >= 11 is 0. The molecule has 0 spiro atoms. The number of benzene rings is 1. The number of imide groups is 1. The molecule has 7 nitrogen and oxygen atoms in total. The van der Waals surface area contributed by atoms with Gasteiger partial charge < -0.3 is 5.11 Å². The van der Waals surface area contributed by atoms with Crippen LogP contribution >= 0.6 is 0 Å². The van der Waals surface area contributed by atoms with Gasteiger partial charge >= 0.3 is 0 Å². The van der Waals surface area contributed by atoms with Gasteiger partial charge in [0.15, 0.2) is 0 Å². The molecule has 2 fully saturated rings. The van der Waals surface area contributed by atoms with E-state index in [1.165, 1.54) is 0 Å². The van der Waals surface area contributed by atoms with Crippen LogP contribution < -0.4 is 10.0 Å². The van der Waals surface area contributed by atoms with E-state index in [2.05, 4.69) is 0 Å². The van der Waals surface area contributed by atoms with E-state index in [0.29, 0.717) is 12.8 Å². The van der Waals surface area contributed by atoms with Gasteiger partial charge in [-0.1, -0.05) is 24.7 Å².